The first-order valence-electron chi connectivity index (χ1n) is 16.4. The maximum atomic E-state index is 12.0. The first-order chi connectivity index (χ1) is 21.7. The molecule has 3 rings (SSSR count). The summed E-state index contributed by atoms with van der Waals surface area (Å²) >= 11 is 0. The Kier molecular flexibility index (Phi) is 17.6. The fourth-order valence-corrected chi connectivity index (χ4v) is 4.86. The lowest BCUT2D eigenvalue weighted by Crippen LogP contribution is -2.32. The number of nitrogens with zero attached hydrogens (tertiary/aromatic N) is 2. The van der Waals surface area contributed by atoms with E-state index in [0.717, 1.165) is 49.9 Å². The summed E-state index contributed by atoms with van der Waals surface area (Å²) in [4.78, 5) is 24.1. The molecule has 2 heterocycles. The number of hydrogen-bond acceptors (Lipinski definition) is 4. The molecule has 234 valence electrons. The van der Waals surface area contributed by atoms with Crippen molar-refractivity contribution in [3.8, 4) is 0 Å². The molecule has 6 heteroatoms. The van der Waals surface area contributed by atoms with Crippen LogP contribution in [0.15, 0.2) is 97.6 Å². The highest BCUT2D eigenvalue weighted by atomic mass is 16.5. The van der Waals surface area contributed by atoms with Gasteiger partial charge in [-0.15, -0.1) is 0 Å². The van der Waals surface area contributed by atoms with Gasteiger partial charge in [0, 0.05) is 49.3 Å². The second kappa shape index (κ2) is 22.5. The standard InChI is InChI=1S/C38H50N2O4/c41-37(43-33-17-7-3-1-5-11-27-39-29-13-9-14-30-39)25-23-35-19-21-36(22-20-35)24-26-38(42)44-34-18-8-4-2-6-12-28-40-31-15-10-16-32-40/h9-10,13-16,19-26,29-32H,1-8,11-12,17-18,27-28,33-34H2/q+2/b25-23+,26-24+. The normalized spacial score (nSPS) is 11.3. The zero-order valence-corrected chi connectivity index (χ0v) is 26.2. The molecule has 0 aliphatic rings. The van der Waals surface area contributed by atoms with Gasteiger partial charge in [-0.05, 0) is 49.0 Å². The van der Waals surface area contributed by atoms with E-state index < -0.39 is 0 Å². The predicted octanol–water partition coefficient (Wildman–Crippen LogP) is 7.46. The number of esters is 2. The first kappa shape index (κ1) is 34.4. The van der Waals surface area contributed by atoms with Crippen LogP contribution in [0.1, 0.15) is 88.2 Å². The van der Waals surface area contributed by atoms with Crippen LogP contribution in [0.5, 0.6) is 0 Å². The summed E-state index contributed by atoms with van der Waals surface area (Å²) in [5.41, 5.74) is 1.79. The molecule has 44 heavy (non-hydrogen) atoms. The number of aryl methyl sites for hydroxylation is 2. The van der Waals surface area contributed by atoms with Gasteiger partial charge in [0.1, 0.15) is 13.1 Å². The Labute approximate surface area is 264 Å². The van der Waals surface area contributed by atoms with Gasteiger partial charge < -0.3 is 9.47 Å². The number of pyridine rings is 2. The van der Waals surface area contributed by atoms with Crippen LogP contribution in [0.3, 0.4) is 0 Å². The second-order valence-corrected chi connectivity index (χ2v) is 11.1. The minimum Gasteiger partial charge on any atom is -0.463 e. The van der Waals surface area contributed by atoms with Gasteiger partial charge in [-0.1, -0.05) is 74.9 Å². The van der Waals surface area contributed by atoms with Gasteiger partial charge in [-0.25, -0.2) is 18.7 Å². The fourth-order valence-electron chi connectivity index (χ4n) is 4.86. The number of ether oxygens (including phenoxy) is 2. The maximum absolute atomic E-state index is 12.0. The summed E-state index contributed by atoms with van der Waals surface area (Å²) in [6, 6.07) is 19.9. The van der Waals surface area contributed by atoms with E-state index in [2.05, 4.69) is 58.2 Å². The van der Waals surface area contributed by atoms with E-state index in [9.17, 15) is 9.59 Å². The zero-order chi connectivity index (χ0) is 30.9. The predicted molar refractivity (Wildman–Crippen MR) is 175 cm³/mol. The van der Waals surface area contributed by atoms with Crippen molar-refractivity contribution in [3.63, 3.8) is 0 Å². The molecule has 0 aliphatic heterocycles. The number of carbonyl (C=O) groups excluding carboxylic acids is 2. The summed E-state index contributed by atoms with van der Waals surface area (Å²) in [5.74, 6) is -0.641. The Bertz CT molecular complexity index is 1140. The molecule has 1 aromatic carbocycles. The Morgan fingerprint density at radius 2 is 0.818 bits per heavy atom. The Morgan fingerprint density at radius 3 is 1.20 bits per heavy atom. The van der Waals surface area contributed by atoms with E-state index >= 15 is 0 Å². The van der Waals surface area contributed by atoms with Crippen molar-refractivity contribution in [3.05, 3.63) is 109 Å². The third-order valence-electron chi connectivity index (χ3n) is 7.42. The van der Waals surface area contributed by atoms with Gasteiger partial charge in [0.05, 0.1) is 13.2 Å². The molecule has 0 amide bonds. The van der Waals surface area contributed by atoms with Crippen LogP contribution in [0.2, 0.25) is 0 Å². The number of unbranched alkanes of at least 4 members (excludes halogenated alkanes) is 10. The highest BCUT2D eigenvalue weighted by molar-refractivity contribution is 5.88. The molecule has 0 bridgehead atoms. The topological polar surface area (TPSA) is 60.4 Å². The van der Waals surface area contributed by atoms with Crippen molar-refractivity contribution in [2.75, 3.05) is 13.2 Å². The van der Waals surface area contributed by atoms with E-state index in [1.807, 2.05) is 36.4 Å². The van der Waals surface area contributed by atoms with Crippen LogP contribution in [-0.2, 0) is 32.2 Å². The maximum Gasteiger partial charge on any atom is 0.330 e. The Balaban J connectivity index is 1.15. The summed E-state index contributed by atoms with van der Waals surface area (Å²) in [6.45, 7) is 3.04. The molecule has 0 unspecified atom stereocenters. The van der Waals surface area contributed by atoms with Crippen LogP contribution in [-0.4, -0.2) is 25.2 Å². The average molecular weight is 599 g/mol. The quantitative estimate of drug-likeness (QED) is 0.0522. The van der Waals surface area contributed by atoms with E-state index in [4.69, 9.17) is 9.47 Å². The first-order valence-corrected chi connectivity index (χ1v) is 16.4. The molecule has 2 aromatic heterocycles. The Morgan fingerprint density at radius 1 is 0.477 bits per heavy atom. The minimum absolute atomic E-state index is 0.321. The molecule has 0 spiro atoms. The zero-order valence-electron chi connectivity index (χ0n) is 26.2. The van der Waals surface area contributed by atoms with Crippen molar-refractivity contribution in [1.29, 1.82) is 0 Å². The van der Waals surface area contributed by atoms with E-state index in [-0.39, 0.29) is 11.9 Å². The number of aromatic nitrogens is 2. The van der Waals surface area contributed by atoms with E-state index in [0.29, 0.717) is 13.2 Å². The highest BCUT2D eigenvalue weighted by Crippen LogP contribution is 2.10. The van der Waals surface area contributed by atoms with Crippen molar-refractivity contribution in [1.82, 2.24) is 0 Å². The highest BCUT2D eigenvalue weighted by Gasteiger charge is 2.02. The van der Waals surface area contributed by atoms with Crippen molar-refractivity contribution in [2.45, 2.75) is 90.1 Å². The van der Waals surface area contributed by atoms with Crippen LogP contribution in [0.25, 0.3) is 12.2 Å². The third-order valence-corrected chi connectivity index (χ3v) is 7.42. The molecule has 6 nitrogen and oxygen atoms in total. The Hall–Kier alpha value is -4.06. The van der Waals surface area contributed by atoms with Gasteiger partial charge in [-0.3, -0.25) is 0 Å². The largest absolute Gasteiger partial charge is 0.463 e. The van der Waals surface area contributed by atoms with Crippen LogP contribution in [0, 0.1) is 0 Å². The molecular formula is C38H50N2O4+2. The molecule has 3 aromatic rings. The van der Waals surface area contributed by atoms with Crippen LogP contribution in [0.4, 0.5) is 0 Å². The molecule has 0 saturated carbocycles. The molecule has 0 radical (unpaired) electrons. The monoisotopic (exact) mass is 598 g/mol. The number of rotatable bonds is 22. The van der Waals surface area contributed by atoms with Crippen molar-refractivity contribution < 1.29 is 28.2 Å². The van der Waals surface area contributed by atoms with Gasteiger partial charge >= 0.3 is 11.9 Å². The van der Waals surface area contributed by atoms with Gasteiger partial charge in [0.25, 0.3) is 0 Å². The van der Waals surface area contributed by atoms with E-state index in [1.165, 1.54) is 63.5 Å². The number of benzene rings is 1. The molecular weight excluding hydrogens is 548 g/mol. The van der Waals surface area contributed by atoms with Gasteiger partial charge in [0.15, 0.2) is 24.8 Å². The summed E-state index contributed by atoms with van der Waals surface area (Å²) in [7, 11) is 0. The number of carbonyl (C=O) groups is 2. The van der Waals surface area contributed by atoms with Crippen LogP contribution < -0.4 is 9.13 Å². The van der Waals surface area contributed by atoms with Gasteiger partial charge in [-0.2, -0.15) is 0 Å². The molecule has 0 fully saturated rings. The minimum atomic E-state index is -0.321. The van der Waals surface area contributed by atoms with Crippen LogP contribution >= 0.6 is 0 Å². The third kappa shape index (κ3) is 16.5. The molecule has 0 atom stereocenters. The molecule has 0 aliphatic carbocycles. The lowest BCUT2D eigenvalue weighted by Gasteiger charge is -2.03. The SMILES string of the molecule is O=C(/C=C/c1ccc(/C=C/C(=O)OCCCCCCCC[n+]2ccccc2)cc1)OCCCCCCCC[n+]1ccccc1. The lowest BCUT2D eigenvalue weighted by molar-refractivity contribution is -0.697. The second-order valence-electron chi connectivity index (χ2n) is 11.1. The fraction of sp³-hybridized carbons (Fsp3) is 0.421. The lowest BCUT2D eigenvalue weighted by atomic mass is 10.1. The average Bonchev–Trinajstić information content (AvgIpc) is 3.06. The smallest absolute Gasteiger partial charge is 0.330 e. The summed E-state index contributed by atoms with van der Waals surface area (Å²) < 4.78 is 15.1. The van der Waals surface area contributed by atoms with Gasteiger partial charge in [0.2, 0.25) is 0 Å². The summed E-state index contributed by atoms with van der Waals surface area (Å²) in [5, 5.41) is 0. The molecule has 0 saturated heterocycles. The number of hydrogen-bond donors (Lipinski definition) is 0. The van der Waals surface area contributed by atoms with Crippen molar-refractivity contribution in [2.24, 2.45) is 0 Å². The molecule has 0 N–H and O–H groups in total. The van der Waals surface area contributed by atoms with Crippen molar-refractivity contribution >= 4 is 24.1 Å². The summed E-state index contributed by atoms with van der Waals surface area (Å²) in [6.07, 6.45) is 28.4. The van der Waals surface area contributed by atoms with E-state index in [1.54, 1.807) is 12.2 Å².